The first-order chi connectivity index (χ1) is 7.86. The lowest BCUT2D eigenvalue weighted by molar-refractivity contribution is 1.19. The van der Waals surface area contributed by atoms with Gasteiger partial charge in [0.15, 0.2) is 0 Å². The van der Waals surface area contributed by atoms with Gasteiger partial charge in [0, 0.05) is 16.8 Å². The second-order valence-electron chi connectivity index (χ2n) is 3.55. The van der Waals surface area contributed by atoms with Gasteiger partial charge < -0.3 is 0 Å². The summed E-state index contributed by atoms with van der Waals surface area (Å²) in [6, 6.07) is 13.7. The molecule has 3 heteroatoms. The molecule has 0 fully saturated rings. The van der Waals surface area contributed by atoms with Crippen LogP contribution in [0.5, 0.6) is 0 Å². The summed E-state index contributed by atoms with van der Waals surface area (Å²) < 4.78 is 2.03. The Bertz CT molecular complexity index is 643. The van der Waals surface area contributed by atoms with Crippen LogP contribution < -0.4 is 0 Å². The van der Waals surface area contributed by atoms with E-state index in [-0.39, 0.29) is 0 Å². The first kappa shape index (κ1) is 9.43. The molecule has 0 saturated carbocycles. The lowest BCUT2D eigenvalue weighted by Gasteiger charge is -2.03. The van der Waals surface area contributed by atoms with Crippen molar-refractivity contribution in [2.75, 3.05) is 0 Å². The average molecular weight is 229 g/mol. The van der Waals surface area contributed by atoms with E-state index in [2.05, 4.69) is 4.98 Å². The van der Waals surface area contributed by atoms with Crippen molar-refractivity contribution in [3.05, 3.63) is 59.9 Å². The summed E-state index contributed by atoms with van der Waals surface area (Å²) in [5.74, 6) is 0. The Morgan fingerprint density at radius 3 is 2.69 bits per heavy atom. The van der Waals surface area contributed by atoms with Crippen molar-refractivity contribution < 1.29 is 0 Å². The zero-order chi connectivity index (χ0) is 11.0. The average Bonchev–Trinajstić information content (AvgIpc) is 2.74. The van der Waals surface area contributed by atoms with Crippen LogP contribution in [-0.4, -0.2) is 9.38 Å². The van der Waals surface area contributed by atoms with Gasteiger partial charge in [-0.3, -0.25) is 4.40 Å². The summed E-state index contributed by atoms with van der Waals surface area (Å²) in [5, 5.41) is 0.744. The van der Waals surface area contributed by atoms with Gasteiger partial charge in [-0.15, -0.1) is 0 Å². The van der Waals surface area contributed by atoms with Gasteiger partial charge in [-0.05, 0) is 18.2 Å². The molecule has 2 nitrogen and oxygen atoms in total. The molecule has 0 unspecified atom stereocenters. The molecule has 0 radical (unpaired) electrons. The standard InChI is InChI=1S/C13H9ClN2/c14-11-6-2-1-5-10(11)12-9-15-13-7-3-4-8-16(12)13/h1-9H. The third-order valence-corrected chi connectivity index (χ3v) is 2.90. The molecule has 0 bridgehead atoms. The van der Waals surface area contributed by atoms with Crippen molar-refractivity contribution in [3.63, 3.8) is 0 Å². The van der Waals surface area contributed by atoms with Gasteiger partial charge >= 0.3 is 0 Å². The number of halogens is 1. The molecule has 0 spiro atoms. The smallest absolute Gasteiger partial charge is 0.137 e. The molecule has 2 heterocycles. The van der Waals surface area contributed by atoms with Crippen LogP contribution in [0.4, 0.5) is 0 Å². The van der Waals surface area contributed by atoms with Crippen molar-refractivity contribution in [2.45, 2.75) is 0 Å². The summed E-state index contributed by atoms with van der Waals surface area (Å²) in [7, 11) is 0. The van der Waals surface area contributed by atoms with Crippen LogP contribution in [0.1, 0.15) is 0 Å². The minimum absolute atomic E-state index is 0.744. The summed E-state index contributed by atoms with van der Waals surface area (Å²) in [4.78, 5) is 4.34. The van der Waals surface area contributed by atoms with Gasteiger partial charge in [0.25, 0.3) is 0 Å². The van der Waals surface area contributed by atoms with E-state index in [1.807, 2.05) is 59.3 Å². The number of fused-ring (bicyclic) bond motifs is 1. The molecule has 0 aliphatic carbocycles. The quantitative estimate of drug-likeness (QED) is 0.621. The Balaban J connectivity index is 2.31. The maximum atomic E-state index is 6.17. The molecule has 16 heavy (non-hydrogen) atoms. The molecule has 1 aromatic carbocycles. The monoisotopic (exact) mass is 228 g/mol. The fourth-order valence-corrected chi connectivity index (χ4v) is 2.03. The largest absolute Gasteiger partial charge is 0.300 e. The summed E-state index contributed by atoms with van der Waals surface area (Å²) in [6.45, 7) is 0. The summed E-state index contributed by atoms with van der Waals surface area (Å²) in [6.07, 6.45) is 3.83. The number of pyridine rings is 1. The second-order valence-corrected chi connectivity index (χ2v) is 3.96. The molecule has 2 aromatic heterocycles. The molecule has 0 atom stereocenters. The van der Waals surface area contributed by atoms with Crippen molar-refractivity contribution in [1.29, 1.82) is 0 Å². The predicted octanol–water partition coefficient (Wildman–Crippen LogP) is 3.65. The third-order valence-electron chi connectivity index (χ3n) is 2.57. The van der Waals surface area contributed by atoms with Crippen molar-refractivity contribution in [2.24, 2.45) is 0 Å². The first-order valence-corrected chi connectivity index (χ1v) is 5.41. The number of hydrogen-bond acceptors (Lipinski definition) is 1. The fraction of sp³-hybridized carbons (Fsp3) is 0. The number of hydrogen-bond donors (Lipinski definition) is 0. The summed E-state index contributed by atoms with van der Waals surface area (Å²) in [5.41, 5.74) is 2.95. The zero-order valence-electron chi connectivity index (χ0n) is 8.47. The SMILES string of the molecule is Clc1ccccc1-c1cnc2ccccn12. The lowest BCUT2D eigenvalue weighted by atomic mass is 10.2. The van der Waals surface area contributed by atoms with Gasteiger partial charge in [-0.25, -0.2) is 4.98 Å². The highest BCUT2D eigenvalue weighted by atomic mass is 35.5. The van der Waals surface area contributed by atoms with Crippen LogP contribution in [0, 0.1) is 0 Å². The summed E-state index contributed by atoms with van der Waals surface area (Å²) >= 11 is 6.17. The van der Waals surface area contributed by atoms with E-state index >= 15 is 0 Å². The molecule has 0 amide bonds. The van der Waals surface area contributed by atoms with Gasteiger partial charge in [0.2, 0.25) is 0 Å². The van der Waals surface area contributed by atoms with E-state index in [0.717, 1.165) is 21.9 Å². The van der Waals surface area contributed by atoms with E-state index in [0.29, 0.717) is 0 Å². The zero-order valence-corrected chi connectivity index (χ0v) is 9.22. The predicted molar refractivity (Wildman–Crippen MR) is 65.6 cm³/mol. The Hall–Kier alpha value is -1.80. The molecular weight excluding hydrogens is 220 g/mol. The highest BCUT2D eigenvalue weighted by molar-refractivity contribution is 6.33. The van der Waals surface area contributed by atoms with Crippen LogP contribution in [0.3, 0.4) is 0 Å². The molecule has 3 rings (SSSR count). The molecule has 0 saturated heterocycles. The fourth-order valence-electron chi connectivity index (χ4n) is 1.80. The molecule has 78 valence electrons. The number of nitrogens with zero attached hydrogens (tertiary/aromatic N) is 2. The molecule has 0 N–H and O–H groups in total. The topological polar surface area (TPSA) is 17.3 Å². The van der Waals surface area contributed by atoms with Crippen LogP contribution in [0.25, 0.3) is 16.9 Å². The van der Waals surface area contributed by atoms with Crippen LogP contribution >= 0.6 is 11.6 Å². The van der Waals surface area contributed by atoms with Gasteiger partial charge in [-0.2, -0.15) is 0 Å². The van der Waals surface area contributed by atoms with Crippen LogP contribution in [0.2, 0.25) is 5.02 Å². The number of rotatable bonds is 1. The molecule has 0 aliphatic heterocycles. The van der Waals surface area contributed by atoms with Gasteiger partial charge in [0.1, 0.15) is 5.65 Å². The Morgan fingerprint density at radius 1 is 1.00 bits per heavy atom. The Morgan fingerprint density at radius 2 is 1.81 bits per heavy atom. The third kappa shape index (κ3) is 1.39. The van der Waals surface area contributed by atoms with Crippen molar-refractivity contribution >= 4 is 17.2 Å². The highest BCUT2D eigenvalue weighted by Crippen LogP contribution is 2.27. The lowest BCUT2D eigenvalue weighted by Crippen LogP contribution is -1.87. The van der Waals surface area contributed by atoms with E-state index in [1.54, 1.807) is 0 Å². The molecule has 3 aromatic rings. The highest BCUT2D eigenvalue weighted by Gasteiger charge is 2.07. The van der Waals surface area contributed by atoms with E-state index < -0.39 is 0 Å². The maximum absolute atomic E-state index is 6.17. The minimum atomic E-state index is 0.744. The van der Waals surface area contributed by atoms with Gasteiger partial charge in [0.05, 0.1) is 11.9 Å². The number of benzene rings is 1. The van der Waals surface area contributed by atoms with Crippen LogP contribution in [-0.2, 0) is 0 Å². The second kappa shape index (κ2) is 3.65. The molecule has 0 aliphatic rings. The molecular formula is C13H9ClN2. The Labute approximate surface area is 98.1 Å². The first-order valence-electron chi connectivity index (χ1n) is 5.03. The maximum Gasteiger partial charge on any atom is 0.137 e. The number of aromatic nitrogens is 2. The van der Waals surface area contributed by atoms with E-state index in [9.17, 15) is 0 Å². The van der Waals surface area contributed by atoms with E-state index in [1.165, 1.54) is 0 Å². The van der Waals surface area contributed by atoms with Crippen molar-refractivity contribution in [1.82, 2.24) is 9.38 Å². The van der Waals surface area contributed by atoms with Crippen LogP contribution in [0.15, 0.2) is 54.9 Å². The minimum Gasteiger partial charge on any atom is -0.300 e. The number of imidazole rings is 1. The van der Waals surface area contributed by atoms with E-state index in [4.69, 9.17) is 11.6 Å². The van der Waals surface area contributed by atoms with Crippen molar-refractivity contribution in [3.8, 4) is 11.3 Å². The van der Waals surface area contributed by atoms with Gasteiger partial charge in [-0.1, -0.05) is 35.9 Å². The normalized spacial score (nSPS) is 10.8. The Kier molecular flexibility index (Phi) is 2.15.